The maximum atomic E-state index is 13.2. The summed E-state index contributed by atoms with van der Waals surface area (Å²) in [6.07, 6.45) is 11.7. The molecular weight excluding hydrogens is 709 g/mol. The standard InChI is InChI=1S/C41H60N4O6S2/c1-29(46)50-37-18-17-32-21-34(40(49)38(22-32)51-36-13-7-8-14-36)26-45-25-33(23-39(45)48)19-20-43-41(42)44-28-53-52-27-31(11-5-6-12-35(47)24-37)16-15-30-9-3-2-4-10-30/h2-4,9-10,21-22,31,33,35-37,47,49H,5-8,11-20,23-28H2,1H3,(H3,42,43,44). The van der Waals surface area contributed by atoms with E-state index >= 15 is 0 Å². The summed E-state index contributed by atoms with van der Waals surface area (Å²) >= 11 is 0. The number of nitrogens with zero attached hydrogens (tertiary/aromatic N) is 2. The second-order valence-electron chi connectivity index (χ2n) is 15.1. The Morgan fingerprint density at radius 3 is 2.58 bits per heavy atom. The number of hydrogen-bond donors (Lipinski definition) is 4. The maximum Gasteiger partial charge on any atom is 0.302 e. The van der Waals surface area contributed by atoms with Gasteiger partial charge < -0.3 is 35.6 Å². The minimum atomic E-state index is -0.576. The molecule has 4 atom stereocenters. The van der Waals surface area contributed by atoms with Gasteiger partial charge in [-0.25, -0.2) is 4.99 Å². The first-order chi connectivity index (χ1) is 25.7. The van der Waals surface area contributed by atoms with Gasteiger partial charge in [0.2, 0.25) is 5.91 Å². The summed E-state index contributed by atoms with van der Waals surface area (Å²) in [6, 6.07) is 14.5. The highest BCUT2D eigenvalue weighted by atomic mass is 33.1. The Hall–Kier alpha value is -3.09. The van der Waals surface area contributed by atoms with Crippen molar-refractivity contribution in [2.75, 3.05) is 24.7 Å². The molecule has 0 spiro atoms. The van der Waals surface area contributed by atoms with E-state index in [0.717, 1.165) is 75.5 Å². The monoisotopic (exact) mass is 768 g/mol. The zero-order chi connectivity index (χ0) is 37.4. The first kappa shape index (κ1) is 41.1. The fourth-order valence-corrected chi connectivity index (χ4v) is 9.90. The number of aliphatic hydroxyl groups is 1. The van der Waals surface area contributed by atoms with Crippen molar-refractivity contribution in [1.29, 1.82) is 0 Å². The van der Waals surface area contributed by atoms with Crippen LogP contribution in [0.5, 0.6) is 11.5 Å². The van der Waals surface area contributed by atoms with Crippen molar-refractivity contribution in [3.05, 3.63) is 59.2 Å². The van der Waals surface area contributed by atoms with E-state index in [0.29, 0.717) is 80.8 Å². The second kappa shape index (κ2) is 21.7. The topological polar surface area (TPSA) is 147 Å². The lowest BCUT2D eigenvalue weighted by molar-refractivity contribution is -0.148. The second-order valence-corrected chi connectivity index (χ2v) is 17.6. The van der Waals surface area contributed by atoms with Gasteiger partial charge in [0.25, 0.3) is 0 Å². The van der Waals surface area contributed by atoms with E-state index in [9.17, 15) is 19.8 Å². The molecule has 2 fully saturated rings. The average molecular weight is 769 g/mol. The third kappa shape index (κ3) is 14.2. The SMILES string of the molecule is CC(=O)OC1CCc2cc(c(O)c(OC3CCCC3)c2)CN2CC(CCNC(N)=NCSSCC(CCc3ccccc3)CCCCC(O)C1)CC2=O. The lowest BCUT2D eigenvalue weighted by Gasteiger charge is -2.23. The number of carbonyl (C=O) groups excluding carboxylic acids is 2. The number of esters is 1. The van der Waals surface area contributed by atoms with Crippen molar-refractivity contribution in [3.8, 4) is 11.5 Å². The molecule has 3 aliphatic rings. The Bertz CT molecular complexity index is 1470. The van der Waals surface area contributed by atoms with Crippen LogP contribution >= 0.6 is 21.6 Å². The number of phenols is 1. The fourth-order valence-electron chi connectivity index (χ4n) is 7.76. The fraction of sp³-hybridized carbons (Fsp3) is 0.634. The van der Waals surface area contributed by atoms with Crippen LogP contribution in [0.1, 0.15) is 107 Å². The van der Waals surface area contributed by atoms with E-state index < -0.39 is 12.2 Å². The number of phenolic OH excluding ortho intramolecular Hbond substituents is 1. The number of nitrogens with two attached hydrogens (primary N) is 1. The first-order valence-corrected chi connectivity index (χ1v) is 22.2. The number of aliphatic hydroxyl groups excluding tert-OH is 1. The average Bonchev–Trinajstić information content (AvgIpc) is 3.77. The number of rotatable bonds is 6. The number of nitrogens with one attached hydrogen (secondary N) is 1. The summed E-state index contributed by atoms with van der Waals surface area (Å²) in [5.74, 6) is 2.97. The molecule has 5 rings (SSSR count). The van der Waals surface area contributed by atoms with Crippen LogP contribution in [-0.4, -0.2) is 76.0 Å². The largest absolute Gasteiger partial charge is 0.504 e. The molecule has 2 heterocycles. The number of aryl methyl sites for hydroxylation is 2. The van der Waals surface area contributed by atoms with Crippen molar-refractivity contribution in [3.63, 3.8) is 0 Å². The van der Waals surface area contributed by atoms with Crippen molar-refractivity contribution >= 4 is 39.4 Å². The van der Waals surface area contributed by atoms with Gasteiger partial charge in [0.15, 0.2) is 17.5 Å². The highest BCUT2D eigenvalue weighted by Crippen LogP contribution is 2.37. The number of carbonyl (C=O) groups is 2. The molecule has 0 aromatic heterocycles. The molecule has 2 aromatic rings. The van der Waals surface area contributed by atoms with Gasteiger partial charge >= 0.3 is 5.97 Å². The van der Waals surface area contributed by atoms with Crippen molar-refractivity contribution in [2.24, 2.45) is 22.6 Å². The summed E-state index contributed by atoms with van der Waals surface area (Å²) in [4.78, 5) is 31.6. The van der Waals surface area contributed by atoms with Crippen molar-refractivity contribution in [2.45, 2.75) is 128 Å². The van der Waals surface area contributed by atoms with Crippen LogP contribution in [0, 0.1) is 11.8 Å². The van der Waals surface area contributed by atoms with Gasteiger partial charge in [-0.2, -0.15) is 0 Å². The molecule has 0 radical (unpaired) electrons. The molecule has 4 unspecified atom stereocenters. The third-order valence-corrected chi connectivity index (χ3v) is 12.9. The quantitative estimate of drug-likeness (QED) is 0.177. The van der Waals surface area contributed by atoms with Gasteiger partial charge in [0.05, 0.1) is 18.1 Å². The highest BCUT2D eigenvalue weighted by molar-refractivity contribution is 8.76. The third-order valence-electron chi connectivity index (χ3n) is 10.7. The molecule has 292 valence electrons. The minimum Gasteiger partial charge on any atom is -0.504 e. The van der Waals surface area contributed by atoms with E-state index in [1.54, 1.807) is 10.8 Å². The number of amides is 1. The number of benzene rings is 2. The summed E-state index contributed by atoms with van der Waals surface area (Å²) < 4.78 is 12.1. The van der Waals surface area contributed by atoms with Crippen LogP contribution in [0.2, 0.25) is 0 Å². The molecule has 10 nitrogen and oxygen atoms in total. The Morgan fingerprint density at radius 1 is 1.02 bits per heavy atom. The van der Waals surface area contributed by atoms with Gasteiger partial charge in [-0.05, 0) is 99.7 Å². The van der Waals surface area contributed by atoms with Gasteiger partial charge in [0, 0.05) is 50.7 Å². The number of ether oxygens (including phenoxy) is 2. The van der Waals surface area contributed by atoms with Gasteiger partial charge in [-0.3, -0.25) is 9.59 Å². The lowest BCUT2D eigenvalue weighted by Crippen LogP contribution is -2.33. The van der Waals surface area contributed by atoms with Crippen LogP contribution in [0.15, 0.2) is 47.5 Å². The zero-order valence-corrected chi connectivity index (χ0v) is 33.0. The molecule has 2 aliphatic heterocycles. The number of guanidine groups is 1. The van der Waals surface area contributed by atoms with Crippen molar-refractivity contribution in [1.82, 2.24) is 10.2 Å². The number of hydrogen-bond acceptors (Lipinski definition) is 11. The molecular formula is C41H60N4O6S2. The first-order valence-electron chi connectivity index (χ1n) is 19.7. The van der Waals surface area contributed by atoms with Crippen LogP contribution in [0.4, 0.5) is 0 Å². The minimum absolute atomic E-state index is 0.0553. The Morgan fingerprint density at radius 2 is 1.79 bits per heavy atom. The summed E-state index contributed by atoms with van der Waals surface area (Å²) in [5, 5.41) is 25.7. The Kier molecular flexibility index (Phi) is 16.8. The van der Waals surface area contributed by atoms with E-state index in [2.05, 4.69) is 40.6 Å². The highest BCUT2D eigenvalue weighted by Gasteiger charge is 2.31. The zero-order valence-electron chi connectivity index (χ0n) is 31.4. The van der Waals surface area contributed by atoms with Crippen LogP contribution < -0.4 is 15.8 Å². The van der Waals surface area contributed by atoms with Gasteiger partial charge in [-0.15, -0.1) is 0 Å². The summed E-state index contributed by atoms with van der Waals surface area (Å²) in [6.45, 7) is 2.95. The molecule has 53 heavy (non-hydrogen) atoms. The molecule has 1 amide bonds. The Balaban J connectivity index is 1.28. The van der Waals surface area contributed by atoms with Crippen LogP contribution in [-0.2, 0) is 33.7 Å². The van der Waals surface area contributed by atoms with E-state index in [4.69, 9.17) is 15.2 Å². The molecule has 1 saturated carbocycles. The van der Waals surface area contributed by atoms with Gasteiger partial charge in [0.1, 0.15) is 6.10 Å². The molecule has 4 bridgehead atoms. The van der Waals surface area contributed by atoms with E-state index in [1.165, 1.54) is 12.5 Å². The van der Waals surface area contributed by atoms with Crippen molar-refractivity contribution < 1.29 is 29.3 Å². The number of fused-ring (bicyclic) bond motifs is 4. The molecule has 1 saturated heterocycles. The summed E-state index contributed by atoms with van der Waals surface area (Å²) in [5.41, 5.74) is 9.15. The van der Waals surface area contributed by atoms with Crippen LogP contribution in [0.25, 0.3) is 0 Å². The smallest absolute Gasteiger partial charge is 0.302 e. The lowest BCUT2D eigenvalue weighted by atomic mass is 9.94. The normalized spacial score (nSPS) is 25.0. The number of aromatic hydroxyl groups is 1. The molecule has 12 heteroatoms. The molecule has 1 aliphatic carbocycles. The van der Waals surface area contributed by atoms with E-state index in [1.807, 2.05) is 27.8 Å². The number of aliphatic imine (C=N–C) groups is 1. The van der Waals surface area contributed by atoms with E-state index in [-0.39, 0.29) is 29.6 Å². The maximum absolute atomic E-state index is 13.2. The Labute approximate surface area is 323 Å². The predicted molar refractivity (Wildman–Crippen MR) is 215 cm³/mol. The molecule has 5 N–H and O–H groups in total. The van der Waals surface area contributed by atoms with Crippen LogP contribution in [0.3, 0.4) is 0 Å². The predicted octanol–water partition coefficient (Wildman–Crippen LogP) is 7.13. The summed E-state index contributed by atoms with van der Waals surface area (Å²) in [7, 11) is 3.55. The molecule has 2 aromatic carbocycles. The van der Waals surface area contributed by atoms with Gasteiger partial charge in [-0.1, -0.05) is 70.8 Å².